The van der Waals surface area contributed by atoms with Gasteiger partial charge < -0.3 is 14.0 Å². The summed E-state index contributed by atoms with van der Waals surface area (Å²) in [6, 6.07) is 17.1. The summed E-state index contributed by atoms with van der Waals surface area (Å²) < 4.78 is 13.0. The molecule has 0 saturated carbocycles. The molecule has 25 heavy (non-hydrogen) atoms. The molecule has 0 aliphatic carbocycles. The molecule has 0 fully saturated rings. The molecule has 5 heteroatoms. The van der Waals surface area contributed by atoms with Gasteiger partial charge >= 0.3 is 0 Å². The van der Waals surface area contributed by atoms with Crippen LogP contribution in [0.1, 0.15) is 12.5 Å². The molecule has 0 atom stereocenters. The van der Waals surface area contributed by atoms with Gasteiger partial charge in [-0.2, -0.15) is 0 Å². The van der Waals surface area contributed by atoms with Crippen LogP contribution in [0.15, 0.2) is 59.4 Å². The summed E-state index contributed by atoms with van der Waals surface area (Å²) in [6.07, 6.45) is 0. The second-order valence-electron chi connectivity index (χ2n) is 5.59. The zero-order valence-corrected chi connectivity index (χ0v) is 14.8. The fourth-order valence-electron chi connectivity index (χ4n) is 2.72. The van der Waals surface area contributed by atoms with Gasteiger partial charge in [0.2, 0.25) is 0 Å². The first-order valence-corrected chi connectivity index (χ1v) is 8.79. The van der Waals surface area contributed by atoms with E-state index in [0.29, 0.717) is 31.1 Å². The van der Waals surface area contributed by atoms with Crippen LogP contribution in [0.3, 0.4) is 0 Å². The number of rotatable bonds is 7. The molecule has 3 rings (SSSR count). The fourth-order valence-corrected chi connectivity index (χ4v) is 2.91. The predicted octanol–water partition coefficient (Wildman–Crippen LogP) is 4.57. The molecule has 0 aliphatic rings. The molecule has 0 bridgehead atoms. The molecule has 0 unspecified atom stereocenters. The molecule has 1 heterocycles. The van der Waals surface area contributed by atoms with Crippen LogP contribution in [0.25, 0.3) is 10.9 Å². The van der Waals surface area contributed by atoms with Crippen LogP contribution >= 0.6 is 11.6 Å². The zero-order valence-electron chi connectivity index (χ0n) is 14.1. The van der Waals surface area contributed by atoms with Crippen LogP contribution in [-0.4, -0.2) is 17.8 Å². The summed E-state index contributed by atoms with van der Waals surface area (Å²) in [5.74, 6) is 1.62. The number of ether oxygens (including phenoxy) is 2. The van der Waals surface area contributed by atoms with Gasteiger partial charge in [0.1, 0.15) is 11.5 Å². The molecular formula is C20H20ClNO3. The summed E-state index contributed by atoms with van der Waals surface area (Å²) in [4.78, 5) is 12.7. The lowest BCUT2D eigenvalue weighted by Crippen LogP contribution is -2.25. The van der Waals surface area contributed by atoms with Crippen molar-refractivity contribution in [1.29, 1.82) is 0 Å². The third kappa shape index (κ3) is 4.03. The van der Waals surface area contributed by atoms with Crippen molar-refractivity contribution in [1.82, 2.24) is 4.57 Å². The highest BCUT2D eigenvalue weighted by molar-refractivity contribution is 6.17. The molecule has 1 aromatic heterocycles. The van der Waals surface area contributed by atoms with E-state index in [9.17, 15) is 4.79 Å². The van der Waals surface area contributed by atoms with Gasteiger partial charge in [-0.1, -0.05) is 18.2 Å². The maximum Gasteiger partial charge on any atom is 0.255 e. The van der Waals surface area contributed by atoms with Crippen LogP contribution in [0.2, 0.25) is 0 Å². The Labute approximate surface area is 151 Å². The van der Waals surface area contributed by atoms with E-state index in [1.54, 1.807) is 4.57 Å². The molecule has 0 N–H and O–H groups in total. The van der Waals surface area contributed by atoms with E-state index in [4.69, 9.17) is 21.1 Å². The number of pyridine rings is 1. The Kier molecular flexibility index (Phi) is 5.74. The average molecular weight is 358 g/mol. The van der Waals surface area contributed by atoms with Gasteiger partial charge in [0.15, 0.2) is 0 Å². The second kappa shape index (κ2) is 8.19. The van der Waals surface area contributed by atoms with Gasteiger partial charge in [-0.05, 0) is 42.6 Å². The van der Waals surface area contributed by atoms with Crippen LogP contribution in [0.4, 0.5) is 0 Å². The largest absolute Gasteiger partial charge is 0.457 e. The number of hydrogen-bond donors (Lipinski definition) is 0. The predicted molar refractivity (Wildman–Crippen MR) is 101 cm³/mol. The van der Waals surface area contributed by atoms with E-state index in [-0.39, 0.29) is 11.4 Å². The first-order chi connectivity index (χ1) is 12.2. The van der Waals surface area contributed by atoms with E-state index in [1.807, 2.05) is 61.5 Å². The van der Waals surface area contributed by atoms with E-state index >= 15 is 0 Å². The standard InChI is InChI=1S/C20H20ClNO3/c1-2-24-11-10-22-19-13-18(25-17-6-4-3-5-7-17)9-8-15(19)12-16(14-21)20(22)23/h3-9,12-13H,2,10-11,14H2,1H3. The van der Waals surface area contributed by atoms with Crippen LogP contribution in [0, 0.1) is 0 Å². The van der Waals surface area contributed by atoms with Crippen molar-refractivity contribution in [3.63, 3.8) is 0 Å². The second-order valence-corrected chi connectivity index (χ2v) is 5.86. The van der Waals surface area contributed by atoms with Crippen LogP contribution < -0.4 is 10.3 Å². The molecule has 0 radical (unpaired) electrons. The minimum Gasteiger partial charge on any atom is -0.457 e. The Morgan fingerprint density at radius 3 is 2.56 bits per heavy atom. The van der Waals surface area contributed by atoms with Gasteiger partial charge in [0.25, 0.3) is 5.56 Å². The average Bonchev–Trinajstić information content (AvgIpc) is 2.64. The minimum atomic E-state index is -0.0842. The molecule has 130 valence electrons. The highest BCUT2D eigenvalue weighted by atomic mass is 35.5. The van der Waals surface area contributed by atoms with Gasteiger partial charge in [-0.25, -0.2) is 0 Å². The summed E-state index contributed by atoms with van der Waals surface area (Å²) in [6.45, 7) is 3.50. The smallest absolute Gasteiger partial charge is 0.255 e. The molecule has 0 aliphatic heterocycles. The number of para-hydroxylation sites is 1. The molecule has 2 aromatic carbocycles. The fraction of sp³-hybridized carbons (Fsp3) is 0.250. The molecule has 0 saturated heterocycles. The Bertz CT molecular complexity index is 906. The van der Waals surface area contributed by atoms with Crippen molar-refractivity contribution in [3.05, 3.63) is 70.5 Å². The van der Waals surface area contributed by atoms with Crippen molar-refractivity contribution >= 4 is 22.5 Å². The molecule has 4 nitrogen and oxygen atoms in total. The zero-order chi connectivity index (χ0) is 17.6. The minimum absolute atomic E-state index is 0.0842. The van der Waals surface area contributed by atoms with Crippen molar-refractivity contribution < 1.29 is 9.47 Å². The van der Waals surface area contributed by atoms with Gasteiger partial charge in [-0.15, -0.1) is 11.6 Å². The highest BCUT2D eigenvalue weighted by Crippen LogP contribution is 2.25. The number of fused-ring (bicyclic) bond motifs is 1. The summed E-state index contributed by atoms with van der Waals surface area (Å²) in [5, 5.41) is 0.951. The maximum atomic E-state index is 12.7. The molecule has 0 spiro atoms. The lowest BCUT2D eigenvalue weighted by Gasteiger charge is -2.14. The molecule has 3 aromatic rings. The van der Waals surface area contributed by atoms with Crippen molar-refractivity contribution in [2.75, 3.05) is 13.2 Å². The van der Waals surface area contributed by atoms with Crippen molar-refractivity contribution in [2.24, 2.45) is 0 Å². The van der Waals surface area contributed by atoms with E-state index in [1.165, 1.54) is 0 Å². The quantitative estimate of drug-likeness (QED) is 0.459. The lowest BCUT2D eigenvalue weighted by atomic mass is 10.1. The number of benzene rings is 2. The highest BCUT2D eigenvalue weighted by Gasteiger charge is 2.10. The van der Waals surface area contributed by atoms with Crippen molar-refractivity contribution in [3.8, 4) is 11.5 Å². The van der Waals surface area contributed by atoms with Gasteiger partial charge in [0.05, 0.1) is 18.0 Å². The lowest BCUT2D eigenvalue weighted by molar-refractivity contribution is 0.139. The third-order valence-electron chi connectivity index (χ3n) is 3.93. The summed E-state index contributed by atoms with van der Waals surface area (Å²) in [5.41, 5.74) is 1.31. The Hall–Kier alpha value is -2.30. The number of nitrogens with zero attached hydrogens (tertiary/aromatic N) is 1. The van der Waals surface area contributed by atoms with Crippen LogP contribution in [-0.2, 0) is 17.2 Å². The van der Waals surface area contributed by atoms with Crippen LogP contribution in [0.5, 0.6) is 11.5 Å². The van der Waals surface area contributed by atoms with E-state index in [0.717, 1.165) is 16.7 Å². The van der Waals surface area contributed by atoms with Crippen molar-refractivity contribution in [2.45, 2.75) is 19.3 Å². The maximum absolute atomic E-state index is 12.7. The van der Waals surface area contributed by atoms with Gasteiger partial charge in [-0.3, -0.25) is 4.79 Å². The molecule has 0 amide bonds. The SMILES string of the molecule is CCOCCn1c(=O)c(CCl)cc2ccc(Oc3ccccc3)cc21. The van der Waals surface area contributed by atoms with Gasteiger partial charge in [0, 0.05) is 24.8 Å². The first-order valence-electron chi connectivity index (χ1n) is 8.26. The first kappa shape index (κ1) is 17.5. The number of aromatic nitrogens is 1. The molecular weight excluding hydrogens is 338 g/mol. The van der Waals surface area contributed by atoms with E-state index in [2.05, 4.69) is 0 Å². The normalized spacial score (nSPS) is 11.0. The Balaban J connectivity index is 2.03. The number of halogens is 1. The monoisotopic (exact) mass is 357 g/mol. The summed E-state index contributed by atoms with van der Waals surface area (Å²) >= 11 is 5.94. The number of alkyl halides is 1. The number of hydrogen-bond acceptors (Lipinski definition) is 3. The Morgan fingerprint density at radius 2 is 1.84 bits per heavy atom. The van der Waals surface area contributed by atoms with E-state index < -0.39 is 0 Å². The Morgan fingerprint density at radius 1 is 1.04 bits per heavy atom. The summed E-state index contributed by atoms with van der Waals surface area (Å²) in [7, 11) is 0. The topological polar surface area (TPSA) is 40.5 Å². The third-order valence-corrected chi connectivity index (χ3v) is 4.22.